The fraction of sp³-hybridized carbons (Fsp3) is 0.167. The van der Waals surface area contributed by atoms with E-state index in [9.17, 15) is 4.79 Å². The van der Waals surface area contributed by atoms with E-state index in [1.807, 2.05) is 0 Å². The van der Waals surface area contributed by atoms with Crippen molar-refractivity contribution in [2.75, 3.05) is 7.11 Å². The van der Waals surface area contributed by atoms with E-state index in [0.717, 1.165) is 11.8 Å². The van der Waals surface area contributed by atoms with Crippen molar-refractivity contribution in [3.05, 3.63) is 18.5 Å². The van der Waals surface area contributed by atoms with Crippen LogP contribution in [0.3, 0.4) is 0 Å². The molecule has 0 spiro atoms. The van der Waals surface area contributed by atoms with Crippen molar-refractivity contribution in [3.63, 3.8) is 0 Å². The molecule has 0 aromatic carbocycles. The van der Waals surface area contributed by atoms with Crippen LogP contribution in [0.4, 0.5) is 4.79 Å². The third kappa shape index (κ3) is 2.55. The van der Waals surface area contributed by atoms with Gasteiger partial charge in [0.05, 0.1) is 7.11 Å². The first kappa shape index (κ1) is 8.00. The number of hydrogen-bond acceptors (Lipinski definition) is 5. The van der Waals surface area contributed by atoms with Crippen LogP contribution in [0.2, 0.25) is 0 Å². The molecule has 0 saturated heterocycles. The van der Waals surface area contributed by atoms with Crippen molar-refractivity contribution in [2.45, 2.75) is 5.16 Å². The molecular weight excluding hydrogens is 164 g/mol. The lowest BCUT2D eigenvalue weighted by Gasteiger charge is -1.94. The van der Waals surface area contributed by atoms with E-state index in [2.05, 4.69) is 14.7 Å². The summed E-state index contributed by atoms with van der Waals surface area (Å²) >= 11 is 0.860. The van der Waals surface area contributed by atoms with E-state index >= 15 is 0 Å². The highest BCUT2D eigenvalue weighted by Crippen LogP contribution is 2.12. The fourth-order valence-electron chi connectivity index (χ4n) is 0.454. The molecule has 11 heavy (non-hydrogen) atoms. The van der Waals surface area contributed by atoms with Gasteiger partial charge in [0.1, 0.15) is 0 Å². The average molecular weight is 170 g/mol. The number of nitrogens with zero attached hydrogens (tertiary/aromatic N) is 2. The number of carbonyl (C=O) groups excluding carboxylic acids is 1. The Morgan fingerprint density at radius 1 is 1.55 bits per heavy atom. The third-order valence-electron chi connectivity index (χ3n) is 0.883. The van der Waals surface area contributed by atoms with Crippen LogP contribution in [0.1, 0.15) is 0 Å². The SMILES string of the molecule is COC(=O)Sc1ncccn1. The molecule has 1 aromatic heterocycles. The summed E-state index contributed by atoms with van der Waals surface area (Å²) in [5.74, 6) is 0. The second-order valence-electron chi connectivity index (χ2n) is 1.59. The Kier molecular flexibility index (Phi) is 2.85. The van der Waals surface area contributed by atoms with Crippen LogP contribution < -0.4 is 0 Å². The van der Waals surface area contributed by atoms with Gasteiger partial charge in [0.15, 0.2) is 5.16 Å². The molecule has 0 unspecified atom stereocenters. The summed E-state index contributed by atoms with van der Waals surface area (Å²) in [6.07, 6.45) is 3.14. The zero-order chi connectivity index (χ0) is 8.10. The van der Waals surface area contributed by atoms with Crippen LogP contribution >= 0.6 is 11.8 Å². The van der Waals surface area contributed by atoms with Crippen LogP contribution in [0.15, 0.2) is 23.6 Å². The van der Waals surface area contributed by atoms with Gasteiger partial charge in [0.2, 0.25) is 0 Å². The molecule has 4 nitrogen and oxygen atoms in total. The molecule has 5 heteroatoms. The van der Waals surface area contributed by atoms with Crippen LogP contribution in [0, 0.1) is 0 Å². The topological polar surface area (TPSA) is 52.1 Å². The lowest BCUT2D eigenvalue weighted by atomic mass is 10.7. The van der Waals surface area contributed by atoms with Crippen molar-refractivity contribution >= 4 is 17.1 Å². The Morgan fingerprint density at radius 2 is 2.18 bits per heavy atom. The molecule has 0 radical (unpaired) electrons. The Bertz CT molecular complexity index is 240. The normalized spacial score (nSPS) is 9.18. The van der Waals surface area contributed by atoms with Gasteiger partial charge in [-0.1, -0.05) is 0 Å². The summed E-state index contributed by atoms with van der Waals surface area (Å²) in [5.41, 5.74) is 0. The summed E-state index contributed by atoms with van der Waals surface area (Å²) < 4.78 is 4.40. The highest BCUT2D eigenvalue weighted by molar-refractivity contribution is 8.13. The smallest absolute Gasteiger partial charge is 0.374 e. The Morgan fingerprint density at radius 3 is 2.73 bits per heavy atom. The molecule has 0 aliphatic carbocycles. The minimum absolute atomic E-state index is 0.402. The zero-order valence-electron chi connectivity index (χ0n) is 5.85. The number of hydrogen-bond donors (Lipinski definition) is 0. The molecule has 0 fully saturated rings. The van der Waals surface area contributed by atoms with Crippen LogP contribution in [0.5, 0.6) is 0 Å². The predicted molar refractivity (Wildman–Crippen MR) is 40.3 cm³/mol. The van der Waals surface area contributed by atoms with Crippen molar-refractivity contribution in [1.82, 2.24) is 9.97 Å². The summed E-state index contributed by atoms with van der Waals surface area (Å²) in [6, 6.07) is 1.68. The number of rotatable bonds is 1. The van der Waals surface area contributed by atoms with E-state index in [1.165, 1.54) is 7.11 Å². The average Bonchev–Trinajstić information content (AvgIpc) is 2.06. The van der Waals surface area contributed by atoms with Gasteiger partial charge in [-0.2, -0.15) is 0 Å². The molecule has 1 rings (SSSR count). The highest BCUT2D eigenvalue weighted by Gasteiger charge is 2.04. The first-order chi connectivity index (χ1) is 5.33. The molecule has 0 aliphatic rings. The number of aromatic nitrogens is 2. The van der Waals surface area contributed by atoms with Gasteiger partial charge < -0.3 is 4.74 Å². The maximum Gasteiger partial charge on any atom is 0.374 e. The third-order valence-corrected chi connectivity index (χ3v) is 1.61. The van der Waals surface area contributed by atoms with Gasteiger partial charge in [-0.15, -0.1) is 0 Å². The molecule has 0 aliphatic heterocycles. The van der Waals surface area contributed by atoms with Gasteiger partial charge in [-0.25, -0.2) is 14.8 Å². The number of thioether (sulfide) groups is 1. The van der Waals surface area contributed by atoms with Crippen molar-refractivity contribution in [3.8, 4) is 0 Å². The van der Waals surface area contributed by atoms with Crippen molar-refractivity contribution < 1.29 is 9.53 Å². The maximum absolute atomic E-state index is 10.6. The monoisotopic (exact) mass is 170 g/mol. The zero-order valence-corrected chi connectivity index (χ0v) is 6.67. The minimum atomic E-state index is -0.406. The van der Waals surface area contributed by atoms with E-state index < -0.39 is 5.30 Å². The molecule has 0 amide bonds. The first-order valence-electron chi connectivity index (χ1n) is 2.86. The van der Waals surface area contributed by atoms with Crippen molar-refractivity contribution in [1.29, 1.82) is 0 Å². The van der Waals surface area contributed by atoms with Gasteiger partial charge in [0, 0.05) is 24.2 Å². The summed E-state index contributed by atoms with van der Waals surface area (Å²) in [6.45, 7) is 0. The predicted octanol–water partition coefficient (Wildman–Crippen LogP) is 1.34. The second kappa shape index (κ2) is 3.92. The van der Waals surface area contributed by atoms with Crippen molar-refractivity contribution in [2.24, 2.45) is 0 Å². The summed E-state index contributed by atoms with van der Waals surface area (Å²) in [4.78, 5) is 18.3. The molecule has 1 heterocycles. The molecule has 58 valence electrons. The standard InChI is InChI=1S/C6H6N2O2S/c1-10-6(9)11-5-7-3-2-4-8-5/h2-4H,1H3. The van der Waals surface area contributed by atoms with E-state index in [4.69, 9.17) is 0 Å². The highest BCUT2D eigenvalue weighted by atomic mass is 32.2. The van der Waals surface area contributed by atoms with E-state index in [-0.39, 0.29) is 0 Å². The molecule has 1 aromatic rings. The van der Waals surface area contributed by atoms with Gasteiger partial charge in [-0.3, -0.25) is 0 Å². The van der Waals surface area contributed by atoms with Crippen LogP contribution in [-0.4, -0.2) is 22.4 Å². The van der Waals surface area contributed by atoms with Crippen LogP contribution in [0.25, 0.3) is 0 Å². The lowest BCUT2D eigenvalue weighted by Crippen LogP contribution is -1.93. The first-order valence-corrected chi connectivity index (χ1v) is 3.67. The maximum atomic E-state index is 10.6. The molecule has 0 bridgehead atoms. The van der Waals surface area contributed by atoms with E-state index in [1.54, 1.807) is 18.5 Å². The Hall–Kier alpha value is -1.10. The van der Waals surface area contributed by atoms with Gasteiger partial charge in [-0.05, 0) is 6.07 Å². The quantitative estimate of drug-likeness (QED) is 0.361. The number of methoxy groups -OCH3 is 1. The fourth-order valence-corrected chi connectivity index (χ4v) is 0.914. The van der Waals surface area contributed by atoms with Gasteiger partial charge in [0.25, 0.3) is 0 Å². The molecule has 0 N–H and O–H groups in total. The number of ether oxygens (including phenoxy) is 1. The minimum Gasteiger partial charge on any atom is -0.461 e. The van der Waals surface area contributed by atoms with E-state index in [0.29, 0.717) is 5.16 Å². The molecular formula is C6H6N2O2S. The Balaban J connectivity index is 2.58. The van der Waals surface area contributed by atoms with Crippen LogP contribution in [-0.2, 0) is 4.74 Å². The summed E-state index contributed by atoms with van der Waals surface area (Å²) in [5, 5.41) is -0.00412. The largest absolute Gasteiger partial charge is 0.461 e. The number of carbonyl (C=O) groups is 1. The lowest BCUT2D eigenvalue weighted by molar-refractivity contribution is 0.200. The van der Waals surface area contributed by atoms with Gasteiger partial charge >= 0.3 is 5.30 Å². The second-order valence-corrected chi connectivity index (χ2v) is 2.49. The molecule has 0 saturated carbocycles. The Labute approximate surface area is 68.0 Å². The summed E-state index contributed by atoms with van der Waals surface area (Å²) in [7, 11) is 1.32. The molecule has 0 atom stereocenters.